The number of likely N-dealkylation sites (tertiary alicyclic amines) is 1. The molecule has 0 spiro atoms. The molecule has 2 aliphatic heterocycles. The van der Waals surface area contributed by atoms with Gasteiger partial charge in [-0.05, 0) is 110 Å². The molecule has 0 radical (unpaired) electrons. The van der Waals surface area contributed by atoms with E-state index in [4.69, 9.17) is 16.6 Å². The molecule has 5 heterocycles. The number of hydrogen-bond donors (Lipinski definition) is 3. The summed E-state index contributed by atoms with van der Waals surface area (Å²) >= 11 is 6.26. The van der Waals surface area contributed by atoms with E-state index in [1.807, 2.05) is 43.4 Å². The van der Waals surface area contributed by atoms with Crippen molar-refractivity contribution >= 4 is 72.2 Å². The lowest BCUT2D eigenvalue weighted by atomic mass is 9.72. The van der Waals surface area contributed by atoms with Gasteiger partial charge in [-0.15, -0.1) is 0 Å². The van der Waals surface area contributed by atoms with E-state index in [-0.39, 0.29) is 33.8 Å². The van der Waals surface area contributed by atoms with Crippen LogP contribution in [0.4, 0.5) is 21.5 Å². The van der Waals surface area contributed by atoms with Crippen LogP contribution < -0.4 is 14.9 Å². The minimum Gasteiger partial charge on any atom is -0.376 e. The van der Waals surface area contributed by atoms with Crippen LogP contribution in [-0.2, 0) is 10.0 Å². The first-order valence-electron chi connectivity index (χ1n) is 22.2. The van der Waals surface area contributed by atoms with Gasteiger partial charge in [-0.1, -0.05) is 43.2 Å². The summed E-state index contributed by atoms with van der Waals surface area (Å²) in [6.45, 7) is 9.91. The zero-order valence-electron chi connectivity index (χ0n) is 37.2. The van der Waals surface area contributed by atoms with Crippen LogP contribution in [0.3, 0.4) is 0 Å². The van der Waals surface area contributed by atoms with Crippen molar-refractivity contribution in [1.29, 1.82) is 0 Å². The average Bonchev–Trinajstić information content (AvgIpc) is 3.93. The Morgan fingerprint density at radius 1 is 0.954 bits per heavy atom. The molecule has 17 heteroatoms. The average molecular weight is 923 g/mol. The highest BCUT2D eigenvalue weighted by atomic mass is 35.5. The number of sulfonamides is 1. The smallest absolute Gasteiger partial charge is 0.279 e. The van der Waals surface area contributed by atoms with Gasteiger partial charge in [-0.25, -0.2) is 27.2 Å². The first-order valence-corrected chi connectivity index (χ1v) is 24.0. The summed E-state index contributed by atoms with van der Waals surface area (Å²) in [4.78, 5) is 41.4. The highest BCUT2D eigenvalue weighted by Crippen LogP contribution is 2.43. The maximum atomic E-state index is 15.6. The van der Waals surface area contributed by atoms with E-state index in [0.29, 0.717) is 53.1 Å². The molecule has 0 bridgehead atoms. The number of piperidine rings is 1. The molecule has 9 rings (SSSR count). The van der Waals surface area contributed by atoms with E-state index in [0.717, 1.165) is 68.1 Å². The molecule has 3 aromatic carbocycles. The molecular formula is C48H55ClFN10O4S+. The molecule has 1 aliphatic carbocycles. The number of pyridine rings is 1. The zero-order chi connectivity index (χ0) is 45.7. The van der Waals surface area contributed by atoms with E-state index in [1.54, 1.807) is 23.1 Å². The van der Waals surface area contributed by atoms with Crippen LogP contribution in [0.5, 0.6) is 0 Å². The lowest BCUT2D eigenvalue weighted by molar-refractivity contribution is -0.427. The Balaban J connectivity index is 0.972. The standard InChI is InChI=1S/C48H54ClFN10O4S/c1-47(2)15-13-34(39(28-47)32-5-7-35(49)8-6-32)30-58-21-23-59(24-22-58)36-9-11-38(42(26-36)60-44-25-33-14-18-51-45(33)54-41(44)29-53-60)46(61)55-65(63,64)37-10-12-40(43(27-37)57(4)62)52-31-48(50)16-19-56(3)20-17-48/h5-12,14,18,25-27,29H,13,15-17,19-24,28,30-31H2,1-4H3,(H2-,51,52,53,54,55,61,62)/p+1. The molecule has 3 aliphatic rings. The number of hydrogen-bond acceptors (Lipinski definition) is 10. The van der Waals surface area contributed by atoms with Gasteiger partial charge in [0.25, 0.3) is 21.6 Å². The molecular weight excluding hydrogens is 867 g/mol. The molecule has 0 unspecified atom stereocenters. The third-order valence-electron chi connectivity index (χ3n) is 13.4. The van der Waals surface area contributed by atoms with E-state index in [2.05, 4.69) is 60.8 Å². The number of nitroso groups, excluding NO2 is 1. The number of piperazine rings is 1. The second-order valence-corrected chi connectivity index (χ2v) is 20.8. The number of alkyl halides is 1. The first kappa shape index (κ1) is 44.5. The number of rotatable bonds is 12. The Hall–Kier alpha value is -5.68. The quantitative estimate of drug-likeness (QED) is 0.102. The summed E-state index contributed by atoms with van der Waals surface area (Å²) in [5.74, 6) is -0.878. The topological polar surface area (TPSA) is 152 Å². The number of carbonyl (C=O) groups is 1. The van der Waals surface area contributed by atoms with Gasteiger partial charge >= 0.3 is 0 Å². The van der Waals surface area contributed by atoms with Crippen molar-refractivity contribution in [3.05, 3.63) is 112 Å². The number of H-pyrrole nitrogens is 1. The van der Waals surface area contributed by atoms with Crippen LogP contribution in [-0.4, -0.2) is 121 Å². The Bertz CT molecular complexity index is 2930. The zero-order valence-corrected chi connectivity index (χ0v) is 38.8. The van der Waals surface area contributed by atoms with Crippen LogP contribution in [0.15, 0.2) is 95.7 Å². The molecule has 340 valence electrons. The van der Waals surface area contributed by atoms with Crippen LogP contribution >= 0.6 is 11.6 Å². The number of carbonyl (C=O) groups excluding carboxylic acids is 1. The summed E-state index contributed by atoms with van der Waals surface area (Å²) < 4.78 is 47.9. The fourth-order valence-corrected chi connectivity index (χ4v) is 10.5. The van der Waals surface area contributed by atoms with E-state index in [1.165, 1.54) is 42.0 Å². The van der Waals surface area contributed by atoms with Crippen molar-refractivity contribution in [2.75, 3.05) is 76.7 Å². The highest BCUT2D eigenvalue weighted by Gasteiger charge is 2.35. The number of fused-ring (bicyclic) bond motifs is 2. The van der Waals surface area contributed by atoms with Crippen molar-refractivity contribution in [2.24, 2.45) is 5.41 Å². The van der Waals surface area contributed by atoms with Crippen LogP contribution in [0, 0.1) is 10.3 Å². The van der Waals surface area contributed by atoms with E-state index >= 15 is 4.39 Å². The summed E-state index contributed by atoms with van der Waals surface area (Å²) in [6, 6.07) is 21.3. The van der Waals surface area contributed by atoms with Gasteiger partial charge in [0.1, 0.15) is 22.5 Å². The molecule has 14 nitrogen and oxygen atoms in total. The molecule has 6 aromatic rings. The molecule has 2 fully saturated rings. The van der Waals surface area contributed by atoms with E-state index in [9.17, 15) is 18.1 Å². The number of benzene rings is 3. The minimum absolute atomic E-state index is 0.00464. The Morgan fingerprint density at radius 2 is 1.71 bits per heavy atom. The number of aromatic amines is 1. The normalized spacial score (nSPS) is 18.3. The third-order valence-corrected chi connectivity index (χ3v) is 15.0. The van der Waals surface area contributed by atoms with Gasteiger partial charge < -0.3 is 20.1 Å². The largest absolute Gasteiger partial charge is 0.376 e. The highest BCUT2D eigenvalue weighted by molar-refractivity contribution is 7.90. The molecule has 0 atom stereocenters. The molecule has 65 heavy (non-hydrogen) atoms. The predicted octanol–water partition coefficient (Wildman–Crippen LogP) is 8.35. The Morgan fingerprint density at radius 3 is 2.45 bits per heavy atom. The van der Waals surface area contributed by atoms with Gasteiger partial charge in [-0.3, -0.25) is 9.69 Å². The van der Waals surface area contributed by atoms with Gasteiger partial charge in [-0.2, -0.15) is 5.10 Å². The molecule has 3 N–H and O–H groups in total. The van der Waals surface area contributed by atoms with Crippen LogP contribution in [0.25, 0.3) is 33.3 Å². The number of aromatic nitrogens is 4. The molecule has 2 saturated heterocycles. The first-order chi connectivity index (χ1) is 31.0. The van der Waals surface area contributed by atoms with Crippen molar-refractivity contribution in [1.82, 2.24) is 34.3 Å². The fraction of sp³-hybridized carbons (Fsp3) is 0.396. The summed E-state index contributed by atoms with van der Waals surface area (Å²) in [5.41, 5.74) is 6.40. The van der Waals surface area contributed by atoms with Crippen molar-refractivity contribution in [2.45, 2.75) is 56.5 Å². The van der Waals surface area contributed by atoms with Crippen molar-refractivity contribution in [3.8, 4) is 5.69 Å². The monoisotopic (exact) mass is 921 g/mol. The number of amides is 1. The maximum Gasteiger partial charge on any atom is 0.279 e. The van der Waals surface area contributed by atoms with Crippen molar-refractivity contribution < 1.29 is 22.4 Å². The Labute approximate surface area is 383 Å². The minimum atomic E-state index is -4.51. The summed E-state index contributed by atoms with van der Waals surface area (Å²) in [6.07, 6.45) is 7.30. The second kappa shape index (κ2) is 17.6. The van der Waals surface area contributed by atoms with Crippen LogP contribution in [0.2, 0.25) is 5.02 Å². The number of nitrogens with one attached hydrogen (secondary N) is 3. The Kier molecular flexibility index (Phi) is 12.1. The molecule has 1 amide bonds. The maximum absolute atomic E-state index is 15.6. The number of halogens is 2. The van der Waals surface area contributed by atoms with E-state index < -0.39 is 21.6 Å². The number of allylic oxidation sites excluding steroid dienone is 1. The molecule has 0 saturated carbocycles. The lowest BCUT2D eigenvalue weighted by Crippen LogP contribution is -2.47. The van der Waals surface area contributed by atoms with Crippen molar-refractivity contribution in [3.63, 3.8) is 0 Å². The third kappa shape index (κ3) is 9.53. The molecule has 3 aromatic heterocycles. The van der Waals surface area contributed by atoms with Gasteiger partial charge in [0.15, 0.2) is 7.05 Å². The second-order valence-electron chi connectivity index (χ2n) is 18.7. The van der Waals surface area contributed by atoms with Gasteiger partial charge in [0.05, 0.1) is 27.9 Å². The SMILES string of the molecule is CN1CCC(F)(CNc2ccc(S(=O)(=O)NC(=O)c3ccc(N4CCN(CC5=C(c6ccc(Cl)cc6)CC(C)(C)CC5)CC4)cc3-n3ncc4nc5[nH]ccc5cc43)cc2[N+](C)=O)CC1. The number of nitrogens with zero attached hydrogens (tertiary/aromatic N) is 7. The lowest BCUT2D eigenvalue weighted by Gasteiger charge is -2.39. The fourth-order valence-electron chi connectivity index (χ4n) is 9.37. The number of anilines is 2. The van der Waals surface area contributed by atoms with Gasteiger partial charge in [0.2, 0.25) is 0 Å². The van der Waals surface area contributed by atoms with Crippen LogP contribution in [0.1, 0.15) is 61.9 Å². The van der Waals surface area contributed by atoms with Gasteiger partial charge in [0, 0.05) is 90.4 Å². The summed E-state index contributed by atoms with van der Waals surface area (Å²) in [7, 11) is -1.32. The summed E-state index contributed by atoms with van der Waals surface area (Å²) in [5, 5.41) is 9.28. The predicted molar refractivity (Wildman–Crippen MR) is 255 cm³/mol.